The normalized spacial score (nSPS) is 10.6. The first-order valence-electron chi connectivity index (χ1n) is 6.30. The lowest BCUT2D eigenvalue weighted by atomic mass is 10.3. The fourth-order valence-corrected chi connectivity index (χ4v) is 2.59. The van der Waals surface area contributed by atoms with Crippen molar-refractivity contribution >= 4 is 29.4 Å². The van der Waals surface area contributed by atoms with Crippen LogP contribution in [0.5, 0.6) is 0 Å². The van der Waals surface area contributed by atoms with Gasteiger partial charge in [-0.2, -0.15) is 0 Å². The van der Waals surface area contributed by atoms with Gasteiger partial charge in [0.2, 0.25) is 5.95 Å². The van der Waals surface area contributed by atoms with Crippen LogP contribution in [0.4, 0.5) is 16.0 Å². The molecule has 1 aromatic heterocycles. The molecule has 1 heterocycles. The molecule has 0 spiro atoms. The van der Waals surface area contributed by atoms with Crippen molar-refractivity contribution in [1.82, 2.24) is 14.8 Å². The summed E-state index contributed by atoms with van der Waals surface area (Å²) in [5, 5.41) is 17.3. The third-order valence-corrected chi connectivity index (χ3v) is 3.80. The zero-order valence-electron chi connectivity index (χ0n) is 11.7. The quantitative estimate of drug-likeness (QED) is 0.826. The maximum Gasteiger partial charge on any atom is 0.313 e. The Morgan fingerprint density at radius 2 is 2.14 bits per heavy atom. The van der Waals surface area contributed by atoms with E-state index < -0.39 is 5.97 Å². The fraction of sp³-hybridized carbons (Fsp3) is 0.308. The number of anilines is 2. The molecule has 21 heavy (non-hydrogen) atoms. The predicted molar refractivity (Wildman–Crippen MR) is 78.5 cm³/mol. The molecule has 8 heteroatoms. The molecule has 0 radical (unpaired) electrons. The van der Waals surface area contributed by atoms with Crippen molar-refractivity contribution in [3.8, 4) is 0 Å². The Morgan fingerprint density at radius 1 is 1.43 bits per heavy atom. The van der Waals surface area contributed by atoms with Crippen LogP contribution >= 0.6 is 11.8 Å². The number of rotatable bonds is 6. The van der Waals surface area contributed by atoms with E-state index in [-0.39, 0.29) is 11.6 Å². The molecule has 2 aromatic rings. The van der Waals surface area contributed by atoms with Gasteiger partial charge in [0.05, 0.1) is 11.4 Å². The number of halogens is 1. The second-order valence-electron chi connectivity index (χ2n) is 4.22. The molecule has 0 aliphatic rings. The minimum atomic E-state index is -0.922. The monoisotopic (exact) mass is 310 g/mol. The number of aliphatic carboxylic acids is 1. The standard InChI is InChI=1S/C13H15FN4O2S/c1-3-18-12(15-16-13(18)21-8-11(19)20)17(2)10-7-5-4-6-9(10)14/h4-7H,3,8H2,1-2H3,(H,19,20). The highest BCUT2D eigenvalue weighted by Gasteiger charge is 2.18. The zero-order valence-corrected chi connectivity index (χ0v) is 12.5. The van der Waals surface area contributed by atoms with E-state index in [4.69, 9.17) is 5.11 Å². The van der Waals surface area contributed by atoms with Crippen LogP contribution in [0.25, 0.3) is 0 Å². The first kappa shape index (κ1) is 15.3. The van der Waals surface area contributed by atoms with E-state index in [1.54, 1.807) is 34.7 Å². The van der Waals surface area contributed by atoms with Crippen LogP contribution in [0, 0.1) is 5.82 Å². The van der Waals surface area contributed by atoms with Crippen LogP contribution in [0.3, 0.4) is 0 Å². The van der Waals surface area contributed by atoms with E-state index >= 15 is 0 Å². The summed E-state index contributed by atoms with van der Waals surface area (Å²) in [6.45, 7) is 2.45. The van der Waals surface area contributed by atoms with Crippen LogP contribution < -0.4 is 4.90 Å². The Morgan fingerprint density at radius 3 is 2.76 bits per heavy atom. The van der Waals surface area contributed by atoms with Crippen molar-refractivity contribution in [3.05, 3.63) is 30.1 Å². The number of aromatic nitrogens is 3. The minimum Gasteiger partial charge on any atom is -0.481 e. The highest BCUT2D eigenvalue weighted by atomic mass is 32.2. The van der Waals surface area contributed by atoms with Crippen molar-refractivity contribution in [3.63, 3.8) is 0 Å². The average molecular weight is 310 g/mol. The molecule has 2 rings (SSSR count). The summed E-state index contributed by atoms with van der Waals surface area (Å²) in [4.78, 5) is 12.2. The maximum absolute atomic E-state index is 13.8. The number of para-hydroxylation sites is 1. The number of hydrogen-bond acceptors (Lipinski definition) is 5. The van der Waals surface area contributed by atoms with Gasteiger partial charge in [-0.1, -0.05) is 23.9 Å². The molecule has 0 bridgehead atoms. The summed E-state index contributed by atoms with van der Waals surface area (Å²) < 4.78 is 15.6. The number of thioether (sulfide) groups is 1. The van der Waals surface area contributed by atoms with E-state index in [2.05, 4.69) is 10.2 Å². The second-order valence-corrected chi connectivity index (χ2v) is 5.16. The number of carboxylic acids is 1. The van der Waals surface area contributed by atoms with Crippen LogP contribution in [0.1, 0.15) is 6.92 Å². The highest BCUT2D eigenvalue weighted by Crippen LogP contribution is 2.27. The molecular formula is C13H15FN4O2S. The van der Waals surface area contributed by atoms with E-state index in [0.717, 1.165) is 11.8 Å². The second kappa shape index (κ2) is 6.57. The molecule has 0 aliphatic carbocycles. The van der Waals surface area contributed by atoms with Gasteiger partial charge in [0, 0.05) is 13.6 Å². The summed E-state index contributed by atoms with van der Waals surface area (Å²) >= 11 is 1.09. The third-order valence-electron chi connectivity index (χ3n) is 2.85. The van der Waals surface area contributed by atoms with Crippen LogP contribution in [0.2, 0.25) is 0 Å². The summed E-state index contributed by atoms with van der Waals surface area (Å²) in [5.41, 5.74) is 0.384. The molecule has 1 N–H and O–H groups in total. The van der Waals surface area contributed by atoms with Crippen molar-refractivity contribution < 1.29 is 14.3 Å². The van der Waals surface area contributed by atoms with Gasteiger partial charge in [0.1, 0.15) is 5.82 Å². The molecule has 0 saturated carbocycles. The molecule has 6 nitrogen and oxygen atoms in total. The molecule has 0 amide bonds. The lowest BCUT2D eigenvalue weighted by Crippen LogP contribution is -2.17. The smallest absolute Gasteiger partial charge is 0.313 e. The first-order valence-corrected chi connectivity index (χ1v) is 7.29. The van der Waals surface area contributed by atoms with Gasteiger partial charge >= 0.3 is 5.97 Å². The zero-order chi connectivity index (χ0) is 15.4. The minimum absolute atomic E-state index is 0.0957. The lowest BCUT2D eigenvalue weighted by Gasteiger charge is -2.19. The number of benzene rings is 1. The lowest BCUT2D eigenvalue weighted by molar-refractivity contribution is -0.133. The Kier molecular flexibility index (Phi) is 4.79. The van der Waals surface area contributed by atoms with Gasteiger partial charge < -0.3 is 10.0 Å². The van der Waals surface area contributed by atoms with E-state index in [0.29, 0.717) is 23.3 Å². The van der Waals surface area contributed by atoms with Gasteiger partial charge in [-0.25, -0.2) is 4.39 Å². The number of carbonyl (C=O) groups is 1. The number of hydrogen-bond donors (Lipinski definition) is 1. The van der Waals surface area contributed by atoms with Gasteiger partial charge in [-0.05, 0) is 19.1 Å². The van der Waals surface area contributed by atoms with E-state index in [1.807, 2.05) is 6.92 Å². The predicted octanol–water partition coefficient (Wildman–Crippen LogP) is 2.38. The van der Waals surface area contributed by atoms with Gasteiger partial charge in [0.25, 0.3) is 0 Å². The maximum atomic E-state index is 13.8. The SMILES string of the molecule is CCn1c(SCC(=O)O)nnc1N(C)c1ccccc1F. The van der Waals surface area contributed by atoms with Crippen LogP contribution in [0.15, 0.2) is 29.4 Å². The molecule has 0 unspecified atom stereocenters. The van der Waals surface area contributed by atoms with Crippen LogP contribution in [-0.4, -0.2) is 38.6 Å². The number of nitrogens with zero attached hydrogens (tertiary/aromatic N) is 4. The van der Waals surface area contributed by atoms with Crippen molar-refractivity contribution in [1.29, 1.82) is 0 Å². The highest BCUT2D eigenvalue weighted by molar-refractivity contribution is 7.99. The fourth-order valence-electron chi connectivity index (χ4n) is 1.87. The third kappa shape index (κ3) is 3.33. The van der Waals surface area contributed by atoms with Gasteiger partial charge in [-0.15, -0.1) is 10.2 Å². The molecule has 1 aromatic carbocycles. The van der Waals surface area contributed by atoms with E-state index in [9.17, 15) is 9.18 Å². The first-order chi connectivity index (χ1) is 10.0. The van der Waals surface area contributed by atoms with Gasteiger partial charge in [0.15, 0.2) is 5.16 Å². The summed E-state index contributed by atoms with van der Waals surface area (Å²) in [6.07, 6.45) is 0. The topological polar surface area (TPSA) is 71.2 Å². The largest absolute Gasteiger partial charge is 0.481 e. The summed E-state index contributed by atoms with van der Waals surface area (Å²) in [5.74, 6) is -0.905. The van der Waals surface area contributed by atoms with E-state index in [1.165, 1.54) is 6.07 Å². The molecule has 0 fully saturated rings. The Labute approximate surface area is 125 Å². The Hall–Kier alpha value is -2.09. The molecule has 0 saturated heterocycles. The van der Waals surface area contributed by atoms with Crippen molar-refractivity contribution in [2.75, 3.05) is 17.7 Å². The van der Waals surface area contributed by atoms with Crippen molar-refractivity contribution in [2.24, 2.45) is 0 Å². The Bertz CT molecular complexity index is 647. The van der Waals surface area contributed by atoms with Gasteiger partial charge in [-0.3, -0.25) is 9.36 Å². The molecule has 0 atom stereocenters. The molecule has 0 aliphatic heterocycles. The van der Waals surface area contributed by atoms with Crippen LogP contribution in [-0.2, 0) is 11.3 Å². The Balaban J connectivity index is 2.31. The summed E-state index contributed by atoms with van der Waals surface area (Å²) in [6, 6.07) is 6.37. The summed E-state index contributed by atoms with van der Waals surface area (Å²) in [7, 11) is 1.69. The molecular weight excluding hydrogens is 295 g/mol. The average Bonchev–Trinajstić information content (AvgIpc) is 2.87. The number of carboxylic acid groups (broad SMARTS) is 1. The van der Waals surface area contributed by atoms with Crippen molar-refractivity contribution in [2.45, 2.75) is 18.6 Å². The molecule has 112 valence electrons.